The summed E-state index contributed by atoms with van der Waals surface area (Å²) in [5, 5.41) is -3.65. The molecule has 0 saturated carbocycles. The minimum atomic E-state index is -5.91. The van der Waals surface area contributed by atoms with E-state index in [4.69, 9.17) is 4.55 Å². The van der Waals surface area contributed by atoms with Crippen LogP contribution in [0.15, 0.2) is 0 Å². The second-order valence-corrected chi connectivity index (χ2v) is 4.36. The zero-order valence-corrected chi connectivity index (χ0v) is 8.62. The maximum absolute atomic E-state index is 13.1. The van der Waals surface area contributed by atoms with E-state index in [1.165, 1.54) is 0 Å². The highest BCUT2D eigenvalue weighted by molar-refractivity contribution is 7.87. The highest BCUT2D eigenvalue weighted by atomic mass is 32.2. The molecule has 1 atom stereocenters. The van der Waals surface area contributed by atoms with Gasteiger partial charge in [0.25, 0.3) is 0 Å². The molecule has 92 valence electrons. The van der Waals surface area contributed by atoms with Crippen molar-refractivity contribution in [3.8, 4) is 0 Å². The van der Waals surface area contributed by atoms with E-state index in [0.717, 1.165) is 5.32 Å². The van der Waals surface area contributed by atoms with Crippen molar-refractivity contribution in [1.29, 1.82) is 0 Å². The zero-order chi connectivity index (χ0) is 12.3. The smallest absolute Gasteiger partial charge is 0.282 e. The van der Waals surface area contributed by atoms with Gasteiger partial charge in [-0.1, -0.05) is 13.3 Å². The number of hydrogen-bond donors (Lipinski definition) is 2. The van der Waals surface area contributed by atoms with Crippen molar-refractivity contribution in [1.82, 2.24) is 5.32 Å². The molecule has 4 nitrogen and oxygen atoms in total. The van der Waals surface area contributed by atoms with E-state index >= 15 is 0 Å². The van der Waals surface area contributed by atoms with E-state index in [2.05, 4.69) is 0 Å². The maximum atomic E-state index is 13.1. The molecular weight excluding hydrogens is 242 g/mol. The molecule has 0 aliphatic carbocycles. The van der Waals surface area contributed by atoms with Gasteiger partial charge in [-0.3, -0.25) is 9.87 Å². The fourth-order valence-corrected chi connectivity index (χ4v) is 1.34. The van der Waals surface area contributed by atoms with Crippen LogP contribution in [0.5, 0.6) is 0 Å². The second-order valence-electron chi connectivity index (χ2n) is 2.85. The van der Waals surface area contributed by atoms with Crippen molar-refractivity contribution in [2.75, 3.05) is 6.54 Å². The van der Waals surface area contributed by atoms with Crippen LogP contribution in [0.3, 0.4) is 0 Å². The first-order chi connectivity index (χ1) is 6.56. The lowest BCUT2D eigenvalue weighted by molar-refractivity contribution is -0.209. The number of nitrogens with one attached hydrogen (secondary N) is 1. The van der Waals surface area contributed by atoms with E-state index in [0.29, 0.717) is 6.42 Å². The second kappa shape index (κ2) is 4.62. The molecule has 0 bridgehead atoms. The number of hydrogen-bond acceptors (Lipinski definition) is 3. The minimum absolute atomic E-state index is 0.150. The Labute approximate surface area is 84.4 Å². The maximum Gasteiger partial charge on any atom is 0.454 e. The molecule has 0 rings (SSSR count). The SMILES string of the molecule is CCCCNC(F)(C(F)(F)F)S(=O)(=O)O. The summed E-state index contributed by atoms with van der Waals surface area (Å²) < 4.78 is 78.0. The molecule has 0 aromatic heterocycles. The summed E-state index contributed by atoms with van der Waals surface area (Å²) in [6.45, 7) is 1.12. The quantitative estimate of drug-likeness (QED) is 0.337. The van der Waals surface area contributed by atoms with Gasteiger partial charge < -0.3 is 0 Å². The first-order valence-electron chi connectivity index (χ1n) is 4.04. The molecule has 0 fully saturated rings. The Kier molecular flexibility index (Phi) is 4.49. The molecule has 9 heteroatoms. The van der Waals surface area contributed by atoms with Gasteiger partial charge in [-0.05, 0) is 13.0 Å². The third kappa shape index (κ3) is 3.28. The normalized spacial score (nSPS) is 17.5. The van der Waals surface area contributed by atoms with E-state index in [9.17, 15) is 26.0 Å². The van der Waals surface area contributed by atoms with E-state index in [1.54, 1.807) is 6.92 Å². The van der Waals surface area contributed by atoms with Crippen molar-refractivity contribution in [2.24, 2.45) is 0 Å². The summed E-state index contributed by atoms with van der Waals surface area (Å²) in [6, 6.07) is 0. The third-order valence-electron chi connectivity index (χ3n) is 1.60. The summed E-state index contributed by atoms with van der Waals surface area (Å²) in [6.07, 6.45) is -5.13. The molecule has 0 aliphatic rings. The number of alkyl halides is 4. The van der Waals surface area contributed by atoms with Gasteiger partial charge in [-0.15, -0.1) is 0 Å². The number of rotatable bonds is 5. The standard InChI is InChI=1S/C6H11F4NO3S/c1-2-3-4-11-6(10,5(7,8)9)15(12,13)14/h11H,2-4H2,1H3,(H,12,13,14). The average Bonchev–Trinajstić information content (AvgIpc) is 2.00. The number of halogens is 4. The topological polar surface area (TPSA) is 66.4 Å². The summed E-state index contributed by atoms with van der Waals surface area (Å²) >= 11 is 0. The molecule has 1 unspecified atom stereocenters. The van der Waals surface area contributed by atoms with Crippen LogP contribution in [-0.2, 0) is 10.1 Å². The number of unbranched alkanes of at least 4 members (excludes halogenated alkanes) is 1. The largest absolute Gasteiger partial charge is 0.454 e. The van der Waals surface area contributed by atoms with Crippen LogP contribution in [-0.4, -0.2) is 30.8 Å². The lowest BCUT2D eigenvalue weighted by Crippen LogP contribution is -2.58. The molecule has 0 amide bonds. The van der Waals surface area contributed by atoms with Crippen LogP contribution in [0.2, 0.25) is 0 Å². The molecular formula is C6H11F4NO3S. The lowest BCUT2D eigenvalue weighted by Gasteiger charge is -2.25. The van der Waals surface area contributed by atoms with E-state index in [1.807, 2.05) is 0 Å². The Hall–Kier alpha value is -0.410. The molecule has 0 aromatic rings. The van der Waals surface area contributed by atoms with Gasteiger partial charge in [0.05, 0.1) is 0 Å². The zero-order valence-electron chi connectivity index (χ0n) is 7.81. The highest BCUT2D eigenvalue weighted by Crippen LogP contribution is 2.35. The van der Waals surface area contributed by atoms with Crippen LogP contribution in [0.25, 0.3) is 0 Å². The van der Waals surface area contributed by atoms with Crippen molar-refractivity contribution in [2.45, 2.75) is 31.1 Å². The third-order valence-corrected chi connectivity index (χ3v) is 2.69. The first kappa shape index (κ1) is 14.6. The van der Waals surface area contributed by atoms with Crippen molar-refractivity contribution < 1.29 is 30.5 Å². The van der Waals surface area contributed by atoms with Gasteiger partial charge in [-0.2, -0.15) is 26.0 Å². The van der Waals surface area contributed by atoms with Gasteiger partial charge in [0.1, 0.15) is 0 Å². The van der Waals surface area contributed by atoms with Gasteiger partial charge in [0, 0.05) is 0 Å². The summed E-state index contributed by atoms with van der Waals surface area (Å²) in [5.74, 6) is 0. The summed E-state index contributed by atoms with van der Waals surface area (Å²) in [4.78, 5) is 0. The van der Waals surface area contributed by atoms with Crippen LogP contribution >= 0.6 is 0 Å². The van der Waals surface area contributed by atoms with Crippen molar-refractivity contribution in [3.05, 3.63) is 0 Å². The first-order valence-corrected chi connectivity index (χ1v) is 5.48. The molecule has 0 saturated heterocycles. The average molecular weight is 253 g/mol. The molecule has 0 radical (unpaired) electrons. The molecule has 0 spiro atoms. The lowest BCUT2D eigenvalue weighted by atomic mass is 10.3. The van der Waals surface area contributed by atoms with Gasteiger partial charge in [-0.25, -0.2) is 0 Å². The Morgan fingerprint density at radius 3 is 2.00 bits per heavy atom. The monoisotopic (exact) mass is 253 g/mol. The van der Waals surface area contributed by atoms with E-state index in [-0.39, 0.29) is 6.42 Å². The predicted molar refractivity (Wildman–Crippen MR) is 44.4 cm³/mol. The Bertz CT molecular complexity index is 302. The van der Waals surface area contributed by atoms with Crippen molar-refractivity contribution >= 4 is 10.1 Å². The Morgan fingerprint density at radius 2 is 1.73 bits per heavy atom. The Morgan fingerprint density at radius 1 is 1.27 bits per heavy atom. The Balaban J connectivity index is 4.91. The van der Waals surface area contributed by atoms with Gasteiger partial charge in [0.2, 0.25) is 0 Å². The summed E-state index contributed by atoms with van der Waals surface area (Å²) in [7, 11) is -5.91. The van der Waals surface area contributed by atoms with E-state index < -0.39 is 28.0 Å². The molecule has 0 aromatic carbocycles. The predicted octanol–water partition coefficient (Wildman–Crippen LogP) is 1.45. The van der Waals surface area contributed by atoms with Crippen LogP contribution in [0, 0.1) is 0 Å². The molecule has 0 aliphatic heterocycles. The fourth-order valence-electron chi connectivity index (χ4n) is 0.764. The highest BCUT2D eigenvalue weighted by Gasteiger charge is 2.65. The fraction of sp³-hybridized carbons (Fsp3) is 1.00. The van der Waals surface area contributed by atoms with Gasteiger partial charge >= 0.3 is 21.4 Å². The molecule has 0 heterocycles. The van der Waals surface area contributed by atoms with Crippen LogP contribution in [0.4, 0.5) is 17.6 Å². The summed E-state index contributed by atoms with van der Waals surface area (Å²) in [5.41, 5.74) is 0. The van der Waals surface area contributed by atoms with Crippen LogP contribution in [0.1, 0.15) is 19.8 Å². The minimum Gasteiger partial charge on any atom is -0.282 e. The van der Waals surface area contributed by atoms with Gasteiger partial charge in [0.15, 0.2) is 0 Å². The molecule has 15 heavy (non-hydrogen) atoms. The van der Waals surface area contributed by atoms with Crippen molar-refractivity contribution in [3.63, 3.8) is 0 Å². The molecule has 2 N–H and O–H groups in total. The van der Waals surface area contributed by atoms with Crippen LogP contribution < -0.4 is 5.32 Å².